The lowest BCUT2D eigenvalue weighted by molar-refractivity contribution is -0.120. The summed E-state index contributed by atoms with van der Waals surface area (Å²) in [5.41, 5.74) is 3.52. The molecule has 5 nitrogen and oxygen atoms in total. The Hall–Kier alpha value is -2.82. The zero-order chi connectivity index (χ0) is 21.6. The molecule has 29 heavy (non-hydrogen) atoms. The standard InChI is InChI=1S/C24H33N3O2/c1-7-26(8-2)20-15-13-19(14-16-20)25-23(29)17-27(18(3)28)22-12-10-9-11-21(22)24(4,5)6/h9-16H,7-8,17H2,1-6H3,(H,25,29). The molecule has 2 aromatic carbocycles. The van der Waals surface area contributed by atoms with Crippen LogP contribution in [0.1, 0.15) is 47.1 Å². The zero-order valence-electron chi connectivity index (χ0n) is 18.5. The number of rotatable bonds is 7. The van der Waals surface area contributed by atoms with E-state index >= 15 is 0 Å². The van der Waals surface area contributed by atoms with Gasteiger partial charge in [-0.25, -0.2) is 0 Å². The van der Waals surface area contributed by atoms with Crippen molar-refractivity contribution in [2.75, 3.05) is 34.8 Å². The predicted octanol–water partition coefficient (Wildman–Crippen LogP) is 4.82. The summed E-state index contributed by atoms with van der Waals surface area (Å²) in [7, 11) is 0. The van der Waals surface area contributed by atoms with Crippen molar-refractivity contribution >= 4 is 28.9 Å². The van der Waals surface area contributed by atoms with Crippen molar-refractivity contribution in [1.82, 2.24) is 0 Å². The van der Waals surface area contributed by atoms with Crippen LogP contribution in [0.4, 0.5) is 17.1 Å². The molecule has 0 fully saturated rings. The minimum absolute atomic E-state index is 0.0276. The van der Waals surface area contributed by atoms with Crippen LogP contribution in [0.5, 0.6) is 0 Å². The summed E-state index contributed by atoms with van der Waals surface area (Å²) in [4.78, 5) is 28.8. The second kappa shape index (κ2) is 9.59. The van der Waals surface area contributed by atoms with Gasteiger partial charge in [0.05, 0.1) is 0 Å². The van der Waals surface area contributed by atoms with E-state index in [0.29, 0.717) is 0 Å². The Morgan fingerprint density at radius 1 is 0.931 bits per heavy atom. The summed E-state index contributed by atoms with van der Waals surface area (Å²) in [6, 6.07) is 15.5. The first-order chi connectivity index (χ1) is 13.7. The first kappa shape index (κ1) is 22.5. The summed E-state index contributed by atoms with van der Waals surface area (Å²) < 4.78 is 0. The third kappa shape index (κ3) is 5.83. The van der Waals surface area contributed by atoms with Gasteiger partial charge in [0.2, 0.25) is 11.8 Å². The topological polar surface area (TPSA) is 52.7 Å². The number of hydrogen-bond donors (Lipinski definition) is 1. The van der Waals surface area contributed by atoms with Gasteiger partial charge in [0.15, 0.2) is 0 Å². The highest BCUT2D eigenvalue weighted by atomic mass is 16.2. The number of anilines is 3. The molecule has 0 atom stereocenters. The van der Waals surface area contributed by atoms with E-state index in [1.807, 2.05) is 48.5 Å². The summed E-state index contributed by atoms with van der Waals surface area (Å²) in [5, 5.41) is 2.91. The highest BCUT2D eigenvalue weighted by molar-refractivity contribution is 6.02. The molecule has 0 bridgehead atoms. The van der Waals surface area contributed by atoms with Crippen LogP contribution in [0.3, 0.4) is 0 Å². The monoisotopic (exact) mass is 395 g/mol. The Morgan fingerprint density at radius 3 is 2.03 bits per heavy atom. The Labute approximate surface area is 174 Å². The molecule has 0 unspecified atom stereocenters. The third-order valence-corrected chi connectivity index (χ3v) is 4.96. The predicted molar refractivity (Wildman–Crippen MR) is 122 cm³/mol. The zero-order valence-corrected chi connectivity index (χ0v) is 18.5. The van der Waals surface area contributed by atoms with Crippen molar-refractivity contribution in [3.8, 4) is 0 Å². The summed E-state index contributed by atoms with van der Waals surface area (Å²) in [6.07, 6.45) is 0. The van der Waals surface area contributed by atoms with E-state index in [9.17, 15) is 9.59 Å². The number of carbonyl (C=O) groups excluding carboxylic acids is 2. The van der Waals surface area contributed by atoms with Gasteiger partial charge in [-0.05, 0) is 55.2 Å². The Morgan fingerprint density at radius 2 is 1.52 bits per heavy atom. The summed E-state index contributed by atoms with van der Waals surface area (Å²) in [5.74, 6) is -0.381. The number of nitrogens with one attached hydrogen (secondary N) is 1. The highest BCUT2D eigenvalue weighted by Gasteiger charge is 2.24. The minimum atomic E-state index is -0.223. The van der Waals surface area contributed by atoms with Gasteiger partial charge in [-0.15, -0.1) is 0 Å². The van der Waals surface area contributed by atoms with Gasteiger partial charge >= 0.3 is 0 Å². The molecule has 0 heterocycles. The molecule has 1 N–H and O–H groups in total. The number of hydrogen-bond acceptors (Lipinski definition) is 3. The molecule has 0 saturated heterocycles. The molecule has 0 saturated carbocycles. The van der Waals surface area contributed by atoms with Crippen molar-refractivity contribution in [2.45, 2.75) is 47.0 Å². The van der Waals surface area contributed by atoms with Gasteiger partial charge < -0.3 is 15.1 Å². The van der Waals surface area contributed by atoms with Crippen molar-refractivity contribution < 1.29 is 9.59 Å². The molecule has 0 spiro atoms. The summed E-state index contributed by atoms with van der Waals surface area (Å²) in [6.45, 7) is 13.9. The van der Waals surface area contributed by atoms with Crippen molar-refractivity contribution in [3.05, 3.63) is 54.1 Å². The Balaban J connectivity index is 2.17. The van der Waals surface area contributed by atoms with E-state index in [-0.39, 0.29) is 23.8 Å². The SMILES string of the molecule is CCN(CC)c1ccc(NC(=O)CN(C(C)=O)c2ccccc2C(C)(C)C)cc1. The van der Waals surface area contributed by atoms with Crippen LogP contribution in [-0.2, 0) is 15.0 Å². The van der Waals surface area contributed by atoms with Gasteiger partial charge in [-0.3, -0.25) is 9.59 Å². The smallest absolute Gasteiger partial charge is 0.244 e. The van der Waals surface area contributed by atoms with Crippen LogP contribution < -0.4 is 15.1 Å². The van der Waals surface area contributed by atoms with Crippen molar-refractivity contribution in [3.63, 3.8) is 0 Å². The van der Waals surface area contributed by atoms with E-state index in [1.165, 1.54) is 6.92 Å². The van der Waals surface area contributed by atoms with Gasteiger partial charge in [-0.1, -0.05) is 39.0 Å². The van der Waals surface area contributed by atoms with E-state index in [1.54, 1.807) is 4.90 Å². The lowest BCUT2D eigenvalue weighted by atomic mass is 9.85. The lowest BCUT2D eigenvalue weighted by Crippen LogP contribution is -2.38. The number of amides is 2. The van der Waals surface area contributed by atoms with Crippen molar-refractivity contribution in [1.29, 1.82) is 0 Å². The maximum absolute atomic E-state index is 12.7. The number of benzene rings is 2. The fourth-order valence-corrected chi connectivity index (χ4v) is 3.40. The number of carbonyl (C=O) groups is 2. The Bertz CT molecular complexity index is 834. The second-order valence-corrected chi connectivity index (χ2v) is 8.14. The quantitative estimate of drug-likeness (QED) is 0.731. The van der Waals surface area contributed by atoms with Crippen LogP contribution >= 0.6 is 0 Å². The average molecular weight is 396 g/mol. The lowest BCUT2D eigenvalue weighted by Gasteiger charge is -2.29. The molecule has 2 rings (SSSR count). The fourth-order valence-electron chi connectivity index (χ4n) is 3.40. The van der Waals surface area contributed by atoms with E-state index in [2.05, 4.69) is 44.8 Å². The molecule has 0 radical (unpaired) electrons. The average Bonchev–Trinajstić information content (AvgIpc) is 2.67. The molecule has 0 aliphatic heterocycles. The molecule has 0 aromatic heterocycles. The number of para-hydroxylation sites is 1. The van der Waals surface area contributed by atoms with Gasteiger partial charge in [0.1, 0.15) is 6.54 Å². The molecule has 156 valence electrons. The van der Waals surface area contributed by atoms with Gasteiger partial charge in [-0.2, -0.15) is 0 Å². The molecular weight excluding hydrogens is 362 g/mol. The Kier molecular flexibility index (Phi) is 7.43. The van der Waals surface area contributed by atoms with Crippen LogP contribution in [0, 0.1) is 0 Å². The molecule has 0 aliphatic rings. The first-order valence-electron chi connectivity index (χ1n) is 10.2. The summed E-state index contributed by atoms with van der Waals surface area (Å²) >= 11 is 0. The maximum Gasteiger partial charge on any atom is 0.244 e. The van der Waals surface area contributed by atoms with Gasteiger partial charge in [0.25, 0.3) is 0 Å². The third-order valence-electron chi connectivity index (χ3n) is 4.96. The molecule has 5 heteroatoms. The number of nitrogens with zero attached hydrogens (tertiary/aromatic N) is 2. The largest absolute Gasteiger partial charge is 0.372 e. The molecular formula is C24H33N3O2. The van der Waals surface area contributed by atoms with Gasteiger partial charge in [0, 0.05) is 37.1 Å². The van der Waals surface area contributed by atoms with Crippen LogP contribution in [0.25, 0.3) is 0 Å². The first-order valence-corrected chi connectivity index (χ1v) is 10.2. The normalized spacial score (nSPS) is 11.1. The van der Waals surface area contributed by atoms with E-state index in [4.69, 9.17) is 0 Å². The molecule has 0 aliphatic carbocycles. The fraction of sp³-hybridized carbons (Fsp3) is 0.417. The second-order valence-electron chi connectivity index (χ2n) is 8.14. The van der Waals surface area contributed by atoms with E-state index < -0.39 is 0 Å². The molecule has 2 amide bonds. The highest BCUT2D eigenvalue weighted by Crippen LogP contribution is 2.32. The van der Waals surface area contributed by atoms with Crippen molar-refractivity contribution in [2.24, 2.45) is 0 Å². The van der Waals surface area contributed by atoms with Crippen LogP contribution in [-0.4, -0.2) is 31.4 Å². The molecule has 2 aromatic rings. The minimum Gasteiger partial charge on any atom is -0.372 e. The maximum atomic E-state index is 12.7. The van der Waals surface area contributed by atoms with Crippen LogP contribution in [0.15, 0.2) is 48.5 Å². The van der Waals surface area contributed by atoms with Crippen LogP contribution in [0.2, 0.25) is 0 Å². The van der Waals surface area contributed by atoms with E-state index in [0.717, 1.165) is 35.7 Å².